The summed E-state index contributed by atoms with van der Waals surface area (Å²) in [5.74, 6) is 1.38. The number of hydrogen-bond donors (Lipinski definition) is 0. The summed E-state index contributed by atoms with van der Waals surface area (Å²) in [6, 6.07) is 9.33. The molecule has 16 heavy (non-hydrogen) atoms. The number of halogens is 1. The molecule has 0 saturated heterocycles. The largest absolute Gasteiger partial charge is 0.496 e. The van der Waals surface area contributed by atoms with Gasteiger partial charge in [-0.25, -0.2) is 0 Å². The highest BCUT2D eigenvalue weighted by molar-refractivity contribution is 14.1. The molecule has 0 aliphatic carbocycles. The first-order valence-electron chi connectivity index (χ1n) is 4.63. The predicted octanol–water partition coefficient (Wildman–Crippen LogP) is 2.99. The van der Waals surface area contributed by atoms with Gasteiger partial charge in [0, 0.05) is 10.8 Å². The smallest absolute Gasteiger partial charge is 0.298 e. The van der Waals surface area contributed by atoms with Crippen LogP contribution >= 0.6 is 22.6 Å². The predicted molar refractivity (Wildman–Crippen MR) is 69.9 cm³/mol. The second-order valence-corrected chi connectivity index (χ2v) is 4.23. The van der Waals surface area contributed by atoms with E-state index >= 15 is 0 Å². The summed E-state index contributed by atoms with van der Waals surface area (Å²) in [5.41, 5.74) is 0. The van der Waals surface area contributed by atoms with E-state index in [1.165, 1.54) is 0 Å². The summed E-state index contributed by atoms with van der Waals surface area (Å²) in [5, 5.41) is 1.92. The van der Waals surface area contributed by atoms with Crippen LogP contribution in [-0.4, -0.2) is 13.6 Å². The number of carbonyl (C=O) groups is 1. The molecule has 0 atom stereocenters. The molecule has 2 rings (SSSR count). The van der Waals surface area contributed by atoms with Crippen LogP contribution in [-0.2, 0) is 4.79 Å². The third kappa shape index (κ3) is 1.84. The minimum Gasteiger partial charge on any atom is -0.496 e. The molecule has 0 aliphatic rings. The first kappa shape index (κ1) is 11.2. The van der Waals surface area contributed by atoms with Gasteiger partial charge in [0.15, 0.2) is 0 Å². The summed E-state index contributed by atoms with van der Waals surface area (Å²) in [6.45, 7) is 0.436. The molecule has 0 fully saturated rings. The molecule has 2 aromatic rings. The molecule has 0 saturated carbocycles. The normalized spacial score (nSPS) is 10.1. The zero-order valence-corrected chi connectivity index (χ0v) is 10.7. The Morgan fingerprint density at radius 1 is 1.12 bits per heavy atom. The number of fused-ring (bicyclic) bond motifs is 1. The third-order valence-corrected chi connectivity index (χ3v) is 3.43. The molecule has 0 spiro atoms. The van der Waals surface area contributed by atoms with Crippen molar-refractivity contribution in [2.24, 2.45) is 0 Å². The van der Waals surface area contributed by atoms with Crippen LogP contribution < -0.4 is 9.47 Å². The van der Waals surface area contributed by atoms with Gasteiger partial charge in [0.05, 0.1) is 10.7 Å². The van der Waals surface area contributed by atoms with Crippen LogP contribution in [0.5, 0.6) is 11.5 Å². The molecular weight excluding hydrogens is 319 g/mol. The summed E-state index contributed by atoms with van der Waals surface area (Å²) in [7, 11) is 1.63. The van der Waals surface area contributed by atoms with E-state index in [0.29, 0.717) is 12.2 Å². The molecule has 2 aromatic carbocycles. The van der Waals surface area contributed by atoms with Gasteiger partial charge >= 0.3 is 0 Å². The maximum atomic E-state index is 10.4. The van der Waals surface area contributed by atoms with Gasteiger partial charge in [-0.1, -0.05) is 12.1 Å². The van der Waals surface area contributed by atoms with Gasteiger partial charge in [-0.2, -0.15) is 0 Å². The monoisotopic (exact) mass is 328 g/mol. The highest BCUT2D eigenvalue weighted by Crippen LogP contribution is 2.33. The summed E-state index contributed by atoms with van der Waals surface area (Å²) in [4.78, 5) is 10.4. The molecule has 4 heteroatoms. The van der Waals surface area contributed by atoms with Crippen molar-refractivity contribution in [3.63, 3.8) is 0 Å². The van der Waals surface area contributed by atoms with Crippen molar-refractivity contribution in [3.8, 4) is 11.5 Å². The van der Waals surface area contributed by atoms with Gasteiger partial charge in [0.1, 0.15) is 11.5 Å². The van der Waals surface area contributed by atoms with Crippen LogP contribution in [0.3, 0.4) is 0 Å². The van der Waals surface area contributed by atoms with Crippen LogP contribution in [0.15, 0.2) is 30.3 Å². The molecule has 0 unspecified atom stereocenters. The van der Waals surface area contributed by atoms with E-state index in [4.69, 9.17) is 9.47 Å². The van der Waals surface area contributed by atoms with Crippen molar-refractivity contribution in [2.45, 2.75) is 0 Å². The first-order valence-corrected chi connectivity index (χ1v) is 5.71. The Morgan fingerprint density at radius 3 is 2.62 bits per heavy atom. The third-order valence-electron chi connectivity index (χ3n) is 2.32. The lowest BCUT2D eigenvalue weighted by Crippen LogP contribution is -1.92. The van der Waals surface area contributed by atoms with Crippen molar-refractivity contribution < 1.29 is 14.3 Å². The topological polar surface area (TPSA) is 35.5 Å². The average Bonchev–Trinajstić information content (AvgIpc) is 2.31. The van der Waals surface area contributed by atoms with Crippen LogP contribution in [0.4, 0.5) is 0 Å². The van der Waals surface area contributed by atoms with Gasteiger partial charge in [0.2, 0.25) is 0 Å². The lowest BCUT2D eigenvalue weighted by molar-refractivity contribution is -0.120. The van der Waals surface area contributed by atoms with Crippen molar-refractivity contribution in [3.05, 3.63) is 33.9 Å². The highest BCUT2D eigenvalue weighted by Gasteiger charge is 2.08. The number of hydrogen-bond acceptors (Lipinski definition) is 3. The Morgan fingerprint density at radius 2 is 1.94 bits per heavy atom. The molecule has 0 aliphatic heterocycles. The first-order chi connectivity index (χ1) is 7.77. The van der Waals surface area contributed by atoms with Crippen molar-refractivity contribution >= 4 is 39.8 Å². The van der Waals surface area contributed by atoms with Crippen LogP contribution in [0, 0.1) is 3.57 Å². The fourth-order valence-electron chi connectivity index (χ4n) is 1.58. The maximum Gasteiger partial charge on any atom is 0.298 e. The Kier molecular flexibility index (Phi) is 3.28. The molecule has 82 valence electrons. The summed E-state index contributed by atoms with van der Waals surface area (Å²) < 4.78 is 11.2. The number of benzene rings is 2. The van der Waals surface area contributed by atoms with Crippen molar-refractivity contribution in [1.29, 1.82) is 0 Å². The highest BCUT2D eigenvalue weighted by atomic mass is 127. The Balaban J connectivity index is 2.72. The molecular formula is C12H9IO3. The molecule has 3 nitrogen and oxygen atoms in total. The minimum absolute atomic E-state index is 0.436. The average molecular weight is 328 g/mol. The second-order valence-electron chi connectivity index (χ2n) is 3.15. The Bertz CT molecular complexity index is 537. The second kappa shape index (κ2) is 4.69. The number of methoxy groups -OCH3 is 1. The molecule has 0 radical (unpaired) electrons. The fourth-order valence-corrected chi connectivity index (χ4v) is 2.45. The number of rotatable bonds is 3. The van der Waals surface area contributed by atoms with Gasteiger partial charge in [0.25, 0.3) is 6.47 Å². The van der Waals surface area contributed by atoms with Crippen molar-refractivity contribution in [1.82, 2.24) is 0 Å². The van der Waals surface area contributed by atoms with Crippen LogP contribution in [0.25, 0.3) is 10.8 Å². The Hall–Kier alpha value is -1.30. The molecule has 0 aromatic heterocycles. The molecule has 0 bridgehead atoms. The maximum absolute atomic E-state index is 10.4. The van der Waals surface area contributed by atoms with Crippen LogP contribution in [0.1, 0.15) is 0 Å². The fraction of sp³-hybridized carbons (Fsp3) is 0.0833. The minimum atomic E-state index is 0.436. The zero-order chi connectivity index (χ0) is 11.5. The molecule has 0 N–H and O–H groups in total. The van der Waals surface area contributed by atoms with E-state index < -0.39 is 0 Å². The zero-order valence-electron chi connectivity index (χ0n) is 8.57. The van der Waals surface area contributed by atoms with Gasteiger partial charge in [-0.15, -0.1) is 0 Å². The van der Waals surface area contributed by atoms with Gasteiger partial charge < -0.3 is 9.47 Å². The standard InChI is InChI=1S/C12H9IO3/c1-15-11-6-5-8-9(12(11)13)3-2-4-10(8)16-7-14/h2-7H,1H3. The number of carbonyl (C=O) groups excluding carboxylic acids is 1. The molecule has 0 heterocycles. The van der Waals surface area contributed by atoms with Crippen molar-refractivity contribution in [2.75, 3.05) is 7.11 Å². The number of ether oxygens (including phenoxy) is 2. The van der Waals surface area contributed by atoms with E-state index in [2.05, 4.69) is 22.6 Å². The van der Waals surface area contributed by atoms with Gasteiger partial charge in [-0.3, -0.25) is 4.79 Å². The van der Waals surface area contributed by atoms with E-state index in [9.17, 15) is 4.79 Å². The SMILES string of the molecule is COc1ccc2c(OC=O)cccc2c1I. The lowest BCUT2D eigenvalue weighted by Gasteiger charge is -2.09. The summed E-state index contributed by atoms with van der Waals surface area (Å²) >= 11 is 2.21. The lowest BCUT2D eigenvalue weighted by atomic mass is 10.1. The molecule has 0 amide bonds. The van der Waals surface area contributed by atoms with Gasteiger partial charge in [-0.05, 0) is 40.8 Å². The van der Waals surface area contributed by atoms with Crippen LogP contribution in [0.2, 0.25) is 0 Å². The van der Waals surface area contributed by atoms with E-state index in [1.807, 2.05) is 24.3 Å². The Labute approximate surface area is 106 Å². The van der Waals surface area contributed by atoms with E-state index in [-0.39, 0.29) is 0 Å². The summed E-state index contributed by atoms with van der Waals surface area (Å²) in [6.07, 6.45) is 0. The van der Waals surface area contributed by atoms with E-state index in [0.717, 1.165) is 20.1 Å². The van der Waals surface area contributed by atoms with E-state index in [1.54, 1.807) is 13.2 Å². The quantitative estimate of drug-likeness (QED) is 0.642.